The first-order chi connectivity index (χ1) is 18.1. The van der Waals surface area contributed by atoms with E-state index in [1.165, 1.54) is 12.1 Å². The molecule has 0 unspecified atom stereocenters. The number of phenols is 1. The summed E-state index contributed by atoms with van der Waals surface area (Å²) >= 11 is 0. The van der Waals surface area contributed by atoms with Crippen LogP contribution < -0.4 is 4.90 Å². The predicted octanol–water partition coefficient (Wildman–Crippen LogP) is 8.24. The Balaban J connectivity index is 0.00000308. The van der Waals surface area contributed by atoms with Crippen molar-refractivity contribution in [3.8, 4) is 17.0 Å². The van der Waals surface area contributed by atoms with Crippen LogP contribution in [0.25, 0.3) is 22.2 Å². The largest absolute Gasteiger partial charge is 0.506 e. The van der Waals surface area contributed by atoms with Crippen molar-refractivity contribution in [3.05, 3.63) is 107 Å². The SMILES string of the molecule is Cc1ccnc(N2c3[c-]c(-c4ccc5c(C(F)(F)F)ccc(O)c5n4)ccc3C(C)(C)c3ccccc32)c1.[Pt]. The van der Waals surface area contributed by atoms with Gasteiger partial charge in [0, 0.05) is 38.3 Å². The van der Waals surface area contributed by atoms with E-state index in [1.54, 1.807) is 6.20 Å². The number of pyridine rings is 2. The molecule has 6 rings (SSSR count). The van der Waals surface area contributed by atoms with Gasteiger partial charge in [0.05, 0.1) is 5.56 Å². The van der Waals surface area contributed by atoms with Crippen LogP contribution in [0.3, 0.4) is 0 Å². The monoisotopic (exact) mass is 705 g/mol. The standard InChI is InChI=1S/C31H23F3N3O.Pt/c1-18-14-15-35-28(16-18)37-25-7-5-4-6-22(25)30(2,3)23-10-8-19(17-26(23)37)24-12-9-20-21(31(32,33)34)11-13-27(38)29(20)36-24;/h4-16,38H,1-3H3;/q-1;. The molecule has 4 nitrogen and oxygen atoms in total. The average Bonchev–Trinajstić information content (AvgIpc) is 2.88. The van der Waals surface area contributed by atoms with Crippen LogP contribution in [0.5, 0.6) is 5.75 Å². The minimum absolute atomic E-state index is 0. The fraction of sp³-hybridized carbons (Fsp3) is 0.161. The molecule has 3 heterocycles. The minimum atomic E-state index is -4.56. The van der Waals surface area contributed by atoms with Crippen LogP contribution in [0.2, 0.25) is 0 Å². The summed E-state index contributed by atoms with van der Waals surface area (Å²) in [6, 6.07) is 24.3. The quantitative estimate of drug-likeness (QED) is 0.188. The van der Waals surface area contributed by atoms with Crippen molar-refractivity contribution >= 4 is 28.1 Å². The Bertz CT molecular complexity index is 1730. The number of aromatic hydroxyl groups is 1. The van der Waals surface area contributed by atoms with Gasteiger partial charge in [0.25, 0.3) is 0 Å². The zero-order valence-corrected chi connectivity index (χ0v) is 23.5. The first kappa shape index (κ1) is 26.9. The third kappa shape index (κ3) is 4.39. The Morgan fingerprint density at radius 3 is 2.44 bits per heavy atom. The summed E-state index contributed by atoms with van der Waals surface area (Å²) < 4.78 is 40.7. The Morgan fingerprint density at radius 1 is 0.923 bits per heavy atom. The normalized spacial score (nSPS) is 13.9. The van der Waals surface area contributed by atoms with E-state index in [2.05, 4.69) is 46.9 Å². The number of aryl methyl sites for hydroxylation is 1. The van der Waals surface area contributed by atoms with Gasteiger partial charge in [-0.25, -0.2) is 4.98 Å². The Labute approximate surface area is 238 Å². The molecule has 1 N–H and O–H groups in total. The summed E-state index contributed by atoms with van der Waals surface area (Å²) in [6.45, 7) is 6.32. The predicted molar refractivity (Wildman–Crippen MR) is 142 cm³/mol. The second kappa shape index (κ2) is 9.49. The molecule has 3 aromatic carbocycles. The molecule has 0 fully saturated rings. The van der Waals surface area contributed by atoms with E-state index in [1.807, 2.05) is 43.3 Å². The van der Waals surface area contributed by atoms with Gasteiger partial charge in [-0.15, -0.1) is 23.8 Å². The molecule has 200 valence electrons. The number of fused-ring (bicyclic) bond motifs is 3. The maximum absolute atomic E-state index is 13.6. The molecule has 1 aliphatic heterocycles. The van der Waals surface area contributed by atoms with Crippen LogP contribution in [-0.4, -0.2) is 15.1 Å². The Kier molecular flexibility index (Phi) is 6.54. The van der Waals surface area contributed by atoms with Crippen molar-refractivity contribution in [3.63, 3.8) is 0 Å². The molecule has 39 heavy (non-hydrogen) atoms. The van der Waals surface area contributed by atoms with Gasteiger partial charge in [0.15, 0.2) is 0 Å². The maximum Gasteiger partial charge on any atom is 0.417 e. The Hall–Kier alpha value is -3.70. The fourth-order valence-electron chi connectivity index (χ4n) is 5.26. The number of para-hydroxylation sites is 1. The molecule has 1 aliphatic rings. The molecule has 0 saturated carbocycles. The van der Waals surface area contributed by atoms with Crippen molar-refractivity contribution < 1.29 is 39.3 Å². The van der Waals surface area contributed by atoms with E-state index in [-0.39, 0.29) is 43.1 Å². The molecule has 5 aromatic rings. The number of rotatable bonds is 2. The van der Waals surface area contributed by atoms with E-state index in [0.29, 0.717) is 11.3 Å². The first-order valence-corrected chi connectivity index (χ1v) is 12.1. The second-order valence-electron chi connectivity index (χ2n) is 10.0. The number of alkyl halides is 3. The fourth-order valence-corrected chi connectivity index (χ4v) is 5.26. The van der Waals surface area contributed by atoms with Crippen LogP contribution in [0.15, 0.2) is 79.0 Å². The molecule has 0 aliphatic carbocycles. The second-order valence-corrected chi connectivity index (χ2v) is 10.0. The molecular weight excluding hydrogens is 682 g/mol. The first-order valence-electron chi connectivity index (χ1n) is 12.1. The van der Waals surface area contributed by atoms with Crippen molar-refractivity contribution in [2.45, 2.75) is 32.4 Å². The number of benzene rings is 3. The summed E-state index contributed by atoms with van der Waals surface area (Å²) in [5.41, 5.74) is 4.73. The number of hydrogen-bond donors (Lipinski definition) is 1. The molecule has 0 spiro atoms. The van der Waals surface area contributed by atoms with Gasteiger partial charge in [-0.1, -0.05) is 49.7 Å². The third-order valence-electron chi connectivity index (χ3n) is 7.19. The number of aromatic nitrogens is 2. The molecule has 8 heteroatoms. The van der Waals surface area contributed by atoms with Gasteiger partial charge in [-0.05, 0) is 65.2 Å². The summed E-state index contributed by atoms with van der Waals surface area (Å²) in [7, 11) is 0. The van der Waals surface area contributed by atoms with Crippen LogP contribution in [0.4, 0.5) is 30.4 Å². The van der Waals surface area contributed by atoms with Gasteiger partial charge < -0.3 is 10.0 Å². The molecule has 0 amide bonds. The minimum Gasteiger partial charge on any atom is -0.506 e. The molecule has 2 aromatic heterocycles. The van der Waals surface area contributed by atoms with Crippen molar-refractivity contribution in [2.75, 3.05) is 4.90 Å². The summed E-state index contributed by atoms with van der Waals surface area (Å²) in [6.07, 6.45) is -2.80. The van der Waals surface area contributed by atoms with E-state index < -0.39 is 11.7 Å². The number of halogens is 3. The Morgan fingerprint density at radius 2 is 1.69 bits per heavy atom. The third-order valence-corrected chi connectivity index (χ3v) is 7.19. The molecule has 0 atom stereocenters. The molecule has 0 radical (unpaired) electrons. The van der Waals surface area contributed by atoms with Gasteiger partial charge in [0.1, 0.15) is 17.1 Å². The number of anilines is 3. The molecule has 0 bridgehead atoms. The van der Waals surface area contributed by atoms with Gasteiger partial charge in [0.2, 0.25) is 0 Å². The molecule has 0 saturated heterocycles. The summed E-state index contributed by atoms with van der Waals surface area (Å²) in [4.78, 5) is 11.2. The van der Waals surface area contributed by atoms with Crippen molar-refractivity contribution in [1.29, 1.82) is 0 Å². The smallest absolute Gasteiger partial charge is 0.417 e. The van der Waals surface area contributed by atoms with E-state index >= 15 is 0 Å². The van der Waals surface area contributed by atoms with Crippen LogP contribution >= 0.6 is 0 Å². The van der Waals surface area contributed by atoms with Crippen molar-refractivity contribution in [2.24, 2.45) is 0 Å². The van der Waals surface area contributed by atoms with Gasteiger partial charge in [-0.3, -0.25) is 4.98 Å². The van der Waals surface area contributed by atoms with E-state index in [0.717, 1.165) is 46.0 Å². The van der Waals surface area contributed by atoms with E-state index in [9.17, 15) is 18.3 Å². The van der Waals surface area contributed by atoms with Crippen molar-refractivity contribution in [1.82, 2.24) is 9.97 Å². The van der Waals surface area contributed by atoms with Crippen LogP contribution in [0.1, 0.15) is 36.1 Å². The number of nitrogens with zero attached hydrogens (tertiary/aromatic N) is 3. The molecular formula is C31H23F3N3OPt-. The number of phenolic OH excluding ortho intramolecular Hbond substituents is 1. The van der Waals surface area contributed by atoms with E-state index in [4.69, 9.17) is 0 Å². The summed E-state index contributed by atoms with van der Waals surface area (Å²) in [5, 5.41) is 10.2. The van der Waals surface area contributed by atoms with Gasteiger partial charge >= 0.3 is 6.18 Å². The van der Waals surface area contributed by atoms with Crippen LogP contribution in [0, 0.1) is 13.0 Å². The van der Waals surface area contributed by atoms with Crippen LogP contribution in [-0.2, 0) is 32.7 Å². The topological polar surface area (TPSA) is 49.2 Å². The number of hydrogen-bond acceptors (Lipinski definition) is 4. The average molecular weight is 706 g/mol. The zero-order chi connectivity index (χ0) is 26.8. The maximum atomic E-state index is 13.6. The van der Waals surface area contributed by atoms with Gasteiger partial charge in [-0.2, -0.15) is 13.2 Å². The zero-order valence-electron chi connectivity index (χ0n) is 21.2. The summed E-state index contributed by atoms with van der Waals surface area (Å²) in [5.74, 6) is 0.426.